The number of anilines is 1. The van der Waals surface area contributed by atoms with Crippen molar-refractivity contribution in [3.05, 3.63) is 24.0 Å². The summed E-state index contributed by atoms with van der Waals surface area (Å²) in [7, 11) is 0. The van der Waals surface area contributed by atoms with Crippen molar-refractivity contribution in [1.29, 1.82) is 0 Å². The largest absolute Gasteiger partial charge is 0.371 e. The highest BCUT2D eigenvalue weighted by Gasteiger charge is 2.34. The fraction of sp³-hybridized carbons (Fsp3) is 0.583. The van der Waals surface area contributed by atoms with Crippen LogP contribution in [0.4, 0.5) is 5.69 Å². The van der Waals surface area contributed by atoms with E-state index >= 15 is 0 Å². The van der Waals surface area contributed by atoms with Crippen molar-refractivity contribution < 1.29 is 4.74 Å². The van der Waals surface area contributed by atoms with Gasteiger partial charge in [-0.05, 0) is 24.5 Å². The van der Waals surface area contributed by atoms with Gasteiger partial charge in [0, 0.05) is 25.8 Å². The van der Waals surface area contributed by atoms with E-state index in [1.165, 1.54) is 24.1 Å². The minimum atomic E-state index is 0.407. The molecule has 0 aromatic carbocycles. The van der Waals surface area contributed by atoms with Gasteiger partial charge in [-0.25, -0.2) is 0 Å². The number of nitrogens with zero attached hydrogens (tertiary/aromatic N) is 2. The number of rotatable bonds is 2. The zero-order chi connectivity index (χ0) is 11.0. The Bertz CT molecular complexity index is 370. The lowest BCUT2D eigenvalue weighted by Gasteiger charge is -2.34. The van der Waals surface area contributed by atoms with Crippen LogP contribution in [0.1, 0.15) is 18.4 Å². The van der Waals surface area contributed by atoms with E-state index in [1.807, 2.05) is 12.3 Å². The number of pyridine rings is 1. The summed E-state index contributed by atoms with van der Waals surface area (Å²) in [4.78, 5) is 6.58. The monoisotopic (exact) mass is 219 g/mol. The van der Waals surface area contributed by atoms with Gasteiger partial charge in [0.2, 0.25) is 0 Å². The van der Waals surface area contributed by atoms with E-state index in [-0.39, 0.29) is 0 Å². The molecule has 2 unspecified atom stereocenters. The Morgan fingerprint density at radius 1 is 1.38 bits per heavy atom. The predicted octanol–water partition coefficient (Wildman–Crippen LogP) is 0.908. The molecular weight excluding hydrogens is 202 g/mol. The van der Waals surface area contributed by atoms with Gasteiger partial charge in [-0.15, -0.1) is 0 Å². The van der Waals surface area contributed by atoms with Crippen LogP contribution in [-0.2, 0) is 11.3 Å². The molecular formula is C12H17N3O. The molecule has 2 bridgehead atoms. The molecule has 3 rings (SSSR count). The second kappa shape index (κ2) is 4.03. The molecule has 4 nitrogen and oxygen atoms in total. The van der Waals surface area contributed by atoms with Crippen LogP contribution >= 0.6 is 0 Å². The molecule has 2 fully saturated rings. The summed E-state index contributed by atoms with van der Waals surface area (Å²) >= 11 is 0. The quantitative estimate of drug-likeness (QED) is 0.803. The van der Waals surface area contributed by atoms with Crippen molar-refractivity contribution in [2.45, 2.75) is 31.6 Å². The Hall–Kier alpha value is -1.13. The Labute approximate surface area is 95.4 Å². The van der Waals surface area contributed by atoms with Crippen LogP contribution in [-0.4, -0.2) is 30.3 Å². The summed E-state index contributed by atoms with van der Waals surface area (Å²) in [6, 6.07) is 2.01. The number of aromatic nitrogens is 1. The molecule has 0 amide bonds. The molecule has 2 aliphatic heterocycles. The highest BCUT2D eigenvalue weighted by Crippen LogP contribution is 2.30. The van der Waals surface area contributed by atoms with Crippen LogP contribution in [0.25, 0.3) is 0 Å². The van der Waals surface area contributed by atoms with Gasteiger partial charge in [0.25, 0.3) is 0 Å². The fourth-order valence-electron chi connectivity index (χ4n) is 2.68. The number of fused-ring (bicyclic) bond motifs is 2. The van der Waals surface area contributed by atoms with E-state index in [4.69, 9.17) is 10.5 Å². The maximum Gasteiger partial charge on any atom is 0.0755 e. The number of ether oxygens (including phenoxy) is 1. The van der Waals surface area contributed by atoms with Crippen LogP contribution in [0.3, 0.4) is 0 Å². The zero-order valence-corrected chi connectivity index (χ0v) is 9.30. The minimum Gasteiger partial charge on any atom is -0.371 e. The van der Waals surface area contributed by atoms with E-state index in [0.717, 1.165) is 13.1 Å². The first-order chi connectivity index (χ1) is 7.86. The highest BCUT2D eigenvalue weighted by molar-refractivity contribution is 5.52. The maximum atomic E-state index is 5.83. The third-order valence-corrected chi connectivity index (χ3v) is 3.49. The fourth-order valence-corrected chi connectivity index (χ4v) is 2.68. The molecule has 0 spiro atoms. The molecule has 2 aliphatic rings. The van der Waals surface area contributed by atoms with Gasteiger partial charge >= 0.3 is 0 Å². The lowest BCUT2D eigenvalue weighted by Crippen LogP contribution is -2.43. The first kappa shape index (κ1) is 10.1. The maximum absolute atomic E-state index is 5.83. The predicted molar refractivity (Wildman–Crippen MR) is 62.2 cm³/mol. The average molecular weight is 219 g/mol. The molecule has 1 aromatic heterocycles. The Morgan fingerprint density at radius 2 is 2.12 bits per heavy atom. The number of nitrogens with two attached hydrogens (primary N) is 1. The van der Waals surface area contributed by atoms with Gasteiger partial charge in [0.05, 0.1) is 24.1 Å². The van der Waals surface area contributed by atoms with Crippen LogP contribution in [0.2, 0.25) is 0 Å². The number of morpholine rings is 1. The topological polar surface area (TPSA) is 51.4 Å². The van der Waals surface area contributed by atoms with E-state index < -0.39 is 0 Å². The lowest BCUT2D eigenvalue weighted by molar-refractivity contribution is 0.0304. The molecule has 86 valence electrons. The van der Waals surface area contributed by atoms with Crippen molar-refractivity contribution in [3.63, 3.8) is 0 Å². The summed E-state index contributed by atoms with van der Waals surface area (Å²) in [5, 5.41) is 0. The van der Waals surface area contributed by atoms with Gasteiger partial charge in [-0.2, -0.15) is 0 Å². The molecule has 1 aromatic rings. The molecule has 2 N–H and O–H groups in total. The summed E-state index contributed by atoms with van der Waals surface area (Å²) in [6.45, 7) is 2.54. The third kappa shape index (κ3) is 1.68. The second-order valence-electron chi connectivity index (χ2n) is 4.57. The average Bonchev–Trinajstić information content (AvgIpc) is 2.68. The molecule has 2 atom stereocenters. The molecule has 0 saturated carbocycles. The van der Waals surface area contributed by atoms with Crippen LogP contribution in [0.15, 0.2) is 18.5 Å². The van der Waals surface area contributed by atoms with Gasteiger partial charge in [0.1, 0.15) is 0 Å². The van der Waals surface area contributed by atoms with Crippen molar-refractivity contribution >= 4 is 5.69 Å². The van der Waals surface area contributed by atoms with Gasteiger partial charge in [0.15, 0.2) is 0 Å². The standard InChI is InChI=1S/C12H17N3O/c13-5-9-3-4-14-6-12(9)15-7-10-1-2-11(8-15)16-10/h3-4,6,10-11H,1-2,5,7-8,13H2. The molecule has 0 radical (unpaired) electrons. The smallest absolute Gasteiger partial charge is 0.0755 e. The first-order valence-corrected chi connectivity index (χ1v) is 5.90. The van der Waals surface area contributed by atoms with Gasteiger partial charge < -0.3 is 15.4 Å². The molecule has 0 aliphatic carbocycles. The lowest BCUT2D eigenvalue weighted by atomic mass is 10.2. The summed E-state index contributed by atoms with van der Waals surface area (Å²) < 4.78 is 5.83. The van der Waals surface area contributed by atoms with Crippen LogP contribution in [0.5, 0.6) is 0 Å². The molecule has 2 saturated heterocycles. The number of hydrogen-bond acceptors (Lipinski definition) is 4. The second-order valence-corrected chi connectivity index (χ2v) is 4.57. The van der Waals surface area contributed by atoms with Crippen LogP contribution < -0.4 is 10.6 Å². The first-order valence-electron chi connectivity index (χ1n) is 5.90. The summed E-state index contributed by atoms with van der Waals surface area (Å²) in [5.74, 6) is 0. The van der Waals surface area contributed by atoms with Crippen LogP contribution in [0, 0.1) is 0 Å². The van der Waals surface area contributed by atoms with Gasteiger partial charge in [-0.1, -0.05) is 0 Å². The zero-order valence-electron chi connectivity index (χ0n) is 9.30. The van der Waals surface area contributed by atoms with E-state index in [1.54, 1.807) is 6.20 Å². The summed E-state index contributed by atoms with van der Waals surface area (Å²) in [6.07, 6.45) is 6.93. The van der Waals surface area contributed by atoms with E-state index in [9.17, 15) is 0 Å². The van der Waals surface area contributed by atoms with Crippen molar-refractivity contribution in [2.75, 3.05) is 18.0 Å². The summed E-state index contributed by atoms with van der Waals surface area (Å²) in [5.41, 5.74) is 8.12. The number of hydrogen-bond donors (Lipinski definition) is 1. The minimum absolute atomic E-state index is 0.407. The molecule has 4 heteroatoms. The van der Waals surface area contributed by atoms with Crippen molar-refractivity contribution in [1.82, 2.24) is 4.98 Å². The highest BCUT2D eigenvalue weighted by atomic mass is 16.5. The Kier molecular flexibility index (Phi) is 2.53. The van der Waals surface area contributed by atoms with Crippen molar-refractivity contribution in [3.8, 4) is 0 Å². The SMILES string of the molecule is NCc1ccncc1N1CC2CCC(C1)O2. The van der Waals surface area contributed by atoms with E-state index in [2.05, 4.69) is 9.88 Å². The van der Waals surface area contributed by atoms with Crippen molar-refractivity contribution in [2.24, 2.45) is 5.73 Å². The third-order valence-electron chi connectivity index (χ3n) is 3.49. The molecule has 3 heterocycles. The molecule has 16 heavy (non-hydrogen) atoms. The normalized spacial score (nSPS) is 28.4. The Morgan fingerprint density at radius 3 is 2.81 bits per heavy atom. The van der Waals surface area contributed by atoms with Gasteiger partial charge in [-0.3, -0.25) is 4.98 Å². The Balaban J connectivity index is 1.86. The van der Waals surface area contributed by atoms with E-state index in [0.29, 0.717) is 18.8 Å².